The average Bonchev–Trinajstić information content (AvgIpc) is 2.83. The Bertz CT molecular complexity index is 366. The molecule has 5 nitrogen and oxygen atoms in total. The first-order valence-corrected chi connectivity index (χ1v) is 15.3. The number of aliphatic hydroxyl groups is 2. The van der Waals surface area contributed by atoms with Crippen LogP contribution in [0.15, 0.2) is 0 Å². The molecule has 0 saturated heterocycles. The van der Waals surface area contributed by atoms with Gasteiger partial charge in [0.25, 0.3) is 0 Å². The Labute approximate surface area is 218 Å². The van der Waals surface area contributed by atoms with Crippen molar-refractivity contribution in [3.05, 3.63) is 0 Å². The number of hydrogen-bond donors (Lipinski definition) is 2. The predicted molar refractivity (Wildman–Crippen MR) is 148 cm³/mol. The van der Waals surface area contributed by atoms with Crippen molar-refractivity contribution in [2.45, 2.75) is 181 Å². The van der Waals surface area contributed by atoms with Gasteiger partial charge in [-0.3, -0.25) is 0 Å². The Hall–Kier alpha value is -0.200. The summed E-state index contributed by atoms with van der Waals surface area (Å²) in [5.41, 5.74) is 0. The van der Waals surface area contributed by atoms with E-state index in [0.29, 0.717) is 13.2 Å². The van der Waals surface area contributed by atoms with Crippen molar-refractivity contribution in [3.63, 3.8) is 0 Å². The minimum Gasteiger partial charge on any atom is -0.388 e. The van der Waals surface area contributed by atoms with Crippen LogP contribution in [0.2, 0.25) is 0 Å². The summed E-state index contributed by atoms with van der Waals surface area (Å²) in [5.74, 6) is 0. The van der Waals surface area contributed by atoms with Gasteiger partial charge in [-0.1, -0.05) is 129 Å². The fourth-order valence-electron chi connectivity index (χ4n) is 4.29. The molecule has 0 amide bonds. The van der Waals surface area contributed by atoms with Crippen LogP contribution >= 0.6 is 0 Å². The number of ether oxygens (including phenoxy) is 3. The van der Waals surface area contributed by atoms with E-state index in [-0.39, 0.29) is 0 Å². The van der Waals surface area contributed by atoms with E-state index >= 15 is 0 Å². The zero-order valence-corrected chi connectivity index (χ0v) is 24.0. The van der Waals surface area contributed by atoms with Gasteiger partial charge >= 0.3 is 0 Å². The van der Waals surface area contributed by atoms with Crippen molar-refractivity contribution >= 4 is 0 Å². The van der Waals surface area contributed by atoms with Gasteiger partial charge in [-0.2, -0.15) is 0 Å². The van der Waals surface area contributed by atoms with E-state index in [1.807, 2.05) is 0 Å². The molecular weight excluding hydrogens is 440 g/mol. The molecule has 0 aromatic rings. The maximum Gasteiger partial charge on any atom is 0.186 e. The SMILES string of the molecule is CCCCCCCCCCCCOC(OC(OCCCCCCCCCCCC)C(C)O)C(C)O. The molecule has 0 rings (SSSR count). The van der Waals surface area contributed by atoms with E-state index < -0.39 is 24.8 Å². The van der Waals surface area contributed by atoms with Crippen LogP contribution in [-0.4, -0.2) is 48.2 Å². The molecule has 0 heterocycles. The van der Waals surface area contributed by atoms with Crippen molar-refractivity contribution in [1.82, 2.24) is 0 Å². The van der Waals surface area contributed by atoms with Crippen LogP contribution in [0.3, 0.4) is 0 Å². The second kappa shape index (κ2) is 26.9. The number of hydrogen-bond acceptors (Lipinski definition) is 5. The molecule has 0 aromatic carbocycles. The summed E-state index contributed by atoms with van der Waals surface area (Å²) >= 11 is 0. The first-order chi connectivity index (χ1) is 17.0. The quantitative estimate of drug-likeness (QED) is 0.0832. The van der Waals surface area contributed by atoms with Gasteiger partial charge in [-0.15, -0.1) is 0 Å². The third-order valence-corrected chi connectivity index (χ3v) is 6.62. The molecule has 0 fully saturated rings. The molecule has 0 aliphatic carbocycles. The van der Waals surface area contributed by atoms with E-state index in [1.54, 1.807) is 13.8 Å². The van der Waals surface area contributed by atoms with Gasteiger partial charge in [-0.05, 0) is 26.7 Å². The van der Waals surface area contributed by atoms with Crippen molar-refractivity contribution in [3.8, 4) is 0 Å². The lowest BCUT2D eigenvalue weighted by Gasteiger charge is -2.28. The minimum atomic E-state index is -0.778. The third kappa shape index (κ3) is 23.9. The molecule has 4 atom stereocenters. The molecule has 212 valence electrons. The van der Waals surface area contributed by atoms with Gasteiger partial charge < -0.3 is 24.4 Å². The lowest BCUT2D eigenvalue weighted by atomic mass is 10.1. The number of rotatable bonds is 28. The second-order valence-corrected chi connectivity index (χ2v) is 10.5. The highest BCUT2D eigenvalue weighted by Crippen LogP contribution is 2.15. The molecule has 5 heteroatoms. The highest BCUT2D eigenvalue weighted by molar-refractivity contribution is 4.60. The predicted octanol–water partition coefficient (Wildman–Crippen LogP) is 8.29. The fraction of sp³-hybridized carbons (Fsp3) is 1.00. The van der Waals surface area contributed by atoms with E-state index in [9.17, 15) is 10.2 Å². The normalized spacial score (nSPS) is 15.3. The van der Waals surface area contributed by atoms with Crippen molar-refractivity contribution < 1.29 is 24.4 Å². The number of aliphatic hydroxyl groups excluding tert-OH is 2. The Morgan fingerprint density at radius 3 is 0.943 bits per heavy atom. The van der Waals surface area contributed by atoms with Crippen molar-refractivity contribution in [2.24, 2.45) is 0 Å². The van der Waals surface area contributed by atoms with Crippen LogP contribution < -0.4 is 0 Å². The zero-order valence-electron chi connectivity index (χ0n) is 24.0. The smallest absolute Gasteiger partial charge is 0.186 e. The Morgan fingerprint density at radius 1 is 0.429 bits per heavy atom. The van der Waals surface area contributed by atoms with Crippen LogP contribution in [0.5, 0.6) is 0 Å². The highest BCUT2D eigenvalue weighted by Gasteiger charge is 2.25. The largest absolute Gasteiger partial charge is 0.388 e. The van der Waals surface area contributed by atoms with E-state index in [0.717, 1.165) is 25.7 Å². The Morgan fingerprint density at radius 2 is 0.686 bits per heavy atom. The maximum atomic E-state index is 10.1. The lowest BCUT2D eigenvalue weighted by molar-refractivity contribution is -0.291. The molecule has 0 aromatic heterocycles. The third-order valence-electron chi connectivity index (χ3n) is 6.62. The Kier molecular flexibility index (Phi) is 26.7. The van der Waals surface area contributed by atoms with Gasteiger partial charge in [-0.25, -0.2) is 0 Å². The van der Waals surface area contributed by atoms with Gasteiger partial charge in [0.15, 0.2) is 12.6 Å². The van der Waals surface area contributed by atoms with Crippen LogP contribution in [0, 0.1) is 0 Å². The molecule has 0 aliphatic rings. The van der Waals surface area contributed by atoms with Crippen LogP contribution in [0.25, 0.3) is 0 Å². The number of unbranched alkanes of at least 4 members (excludes halogenated alkanes) is 18. The molecule has 2 N–H and O–H groups in total. The zero-order chi connectivity index (χ0) is 26.0. The summed E-state index contributed by atoms with van der Waals surface area (Å²) in [5, 5.41) is 20.2. The van der Waals surface area contributed by atoms with Crippen molar-refractivity contribution in [1.29, 1.82) is 0 Å². The topological polar surface area (TPSA) is 68.2 Å². The van der Waals surface area contributed by atoms with Gasteiger partial charge in [0, 0.05) is 13.2 Å². The fourth-order valence-corrected chi connectivity index (χ4v) is 4.29. The maximum absolute atomic E-state index is 10.1. The first kappa shape index (κ1) is 34.8. The van der Waals surface area contributed by atoms with E-state index in [2.05, 4.69) is 13.8 Å². The average molecular weight is 503 g/mol. The molecule has 0 aliphatic heterocycles. The van der Waals surface area contributed by atoms with Crippen molar-refractivity contribution in [2.75, 3.05) is 13.2 Å². The van der Waals surface area contributed by atoms with Crippen LogP contribution in [0.1, 0.15) is 156 Å². The standard InChI is InChI=1S/C30H62O5/c1-5-7-9-11-13-15-17-19-21-23-25-33-29(27(3)31)35-30(28(4)32)34-26-24-22-20-18-16-14-12-10-8-6-2/h27-32H,5-26H2,1-4H3. The van der Waals surface area contributed by atoms with Gasteiger partial charge in [0.05, 0.1) is 0 Å². The molecule has 0 saturated carbocycles. The highest BCUT2D eigenvalue weighted by atomic mass is 16.8. The monoisotopic (exact) mass is 502 g/mol. The minimum absolute atomic E-state index is 0.553. The summed E-state index contributed by atoms with van der Waals surface area (Å²) in [6.45, 7) is 8.93. The second-order valence-electron chi connectivity index (χ2n) is 10.5. The summed E-state index contributed by atoms with van der Waals surface area (Å²) in [7, 11) is 0. The summed E-state index contributed by atoms with van der Waals surface area (Å²) in [6, 6.07) is 0. The summed E-state index contributed by atoms with van der Waals surface area (Å²) < 4.78 is 17.4. The molecular formula is C30H62O5. The Balaban J connectivity index is 3.87. The molecule has 0 spiro atoms. The molecule has 35 heavy (non-hydrogen) atoms. The van der Waals surface area contributed by atoms with Gasteiger partial charge in [0.1, 0.15) is 12.2 Å². The van der Waals surface area contributed by atoms with E-state index in [1.165, 1.54) is 103 Å². The van der Waals surface area contributed by atoms with Gasteiger partial charge in [0.2, 0.25) is 0 Å². The molecule has 0 bridgehead atoms. The summed E-state index contributed by atoms with van der Waals surface area (Å²) in [6.07, 6.45) is 22.3. The molecule has 4 unspecified atom stereocenters. The van der Waals surface area contributed by atoms with E-state index in [4.69, 9.17) is 14.2 Å². The molecule has 0 radical (unpaired) electrons. The summed E-state index contributed by atoms with van der Waals surface area (Å²) in [4.78, 5) is 0. The van der Waals surface area contributed by atoms with Crippen LogP contribution in [-0.2, 0) is 14.2 Å². The lowest BCUT2D eigenvalue weighted by Crippen LogP contribution is -2.39. The first-order valence-electron chi connectivity index (χ1n) is 15.3. The van der Waals surface area contributed by atoms with Crippen LogP contribution in [0.4, 0.5) is 0 Å².